The van der Waals surface area contributed by atoms with Gasteiger partial charge in [-0.15, -0.1) is 0 Å². The van der Waals surface area contributed by atoms with Gasteiger partial charge in [-0.3, -0.25) is 4.90 Å². The van der Waals surface area contributed by atoms with Crippen LogP contribution in [0.5, 0.6) is 0 Å². The molecule has 0 radical (unpaired) electrons. The van der Waals surface area contributed by atoms with Gasteiger partial charge in [-0.05, 0) is 59.2 Å². The average Bonchev–Trinajstić information content (AvgIpc) is 2.72. The first-order valence-corrected chi connectivity index (χ1v) is 9.11. The summed E-state index contributed by atoms with van der Waals surface area (Å²) in [5.74, 6) is 0. The molecule has 1 aliphatic heterocycles. The van der Waals surface area contributed by atoms with Crippen LogP contribution in [-0.2, 0) is 0 Å². The van der Waals surface area contributed by atoms with E-state index in [-0.39, 0.29) is 0 Å². The van der Waals surface area contributed by atoms with E-state index in [1.807, 2.05) is 0 Å². The van der Waals surface area contributed by atoms with Crippen LogP contribution in [0, 0.1) is 0 Å². The van der Waals surface area contributed by atoms with Crippen LogP contribution in [0.25, 0.3) is 0 Å². The number of likely N-dealkylation sites (tertiary alicyclic amines) is 1. The Morgan fingerprint density at radius 2 is 1.60 bits per heavy atom. The second-order valence-corrected chi connectivity index (χ2v) is 7.06. The maximum atomic E-state index is 3.84. The minimum atomic E-state index is 0.299. The summed E-state index contributed by atoms with van der Waals surface area (Å²) in [7, 11) is 0. The first-order valence-electron chi connectivity index (χ1n) is 9.11. The highest BCUT2D eigenvalue weighted by atomic mass is 15.2. The number of rotatable bonds is 9. The second-order valence-electron chi connectivity index (χ2n) is 7.06. The molecule has 0 saturated carbocycles. The van der Waals surface area contributed by atoms with Crippen molar-refractivity contribution >= 4 is 0 Å². The molecular weight excluding hydrogens is 244 g/mol. The van der Waals surface area contributed by atoms with Gasteiger partial charge in [-0.25, -0.2) is 0 Å². The molecule has 1 fully saturated rings. The lowest BCUT2D eigenvalue weighted by Crippen LogP contribution is -2.58. The molecule has 1 heterocycles. The summed E-state index contributed by atoms with van der Waals surface area (Å²) >= 11 is 0. The Labute approximate surface area is 127 Å². The minimum Gasteiger partial charge on any atom is -0.312 e. The molecule has 1 N–H and O–H groups in total. The smallest absolute Gasteiger partial charge is 0.0306 e. The fraction of sp³-hybridized carbons (Fsp3) is 1.00. The monoisotopic (exact) mass is 282 g/mol. The summed E-state index contributed by atoms with van der Waals surface area (Å²) in [4.78, 5) is 2.76. The van der Waals surface area contributed by atoms with E-state index >= 15 is 0 Å². The molecule has 1 rings (SSSR count). The highest BCUT2D eigenvalue weighted by Crippen LogP contribution is 2.26. The molecule has 1 aliphatic rings. The fourth-order valence-corrected chi connectivity index (χ4v) is 3.49. The van der Waals surface area contributed by atoms with E-state index in [4.69, 9.17) is 0 Å². The van der Waals surface area contributed by atoms with Crippen LogP contribution < -0.4 is 5.32 Å². The lowest BCUT2D eigenvalue weighted by molar-refractivity contribution is 0.0789. The molecular formula is C18H38N2. The Morgan fingerprint density at radius 1 is 0.950 bits per heavy atom. The van der Waals surface area contributed by atoms with Gasteiger partial charge < -0.3 is 5.32 Å². The lowest BCUT2D eigenvalue weighted by atomic mass is 9.87. The fourth-order valence-electron chi connectivity index (χ4n) is 3.49. The molecule has 120 valence electrons. The van der Waals surface area contributed by atoms with Crippen molar-refractivity contribution in [3.05, 3.63) is 0 Å². The van der Waals surface area contributed by atoms with Crippen LogP contribution in [0.1, 0.15) is 85.5 Å². The van der Waals surface area contributed by atoms with Crippen molar-refractivity contribution in [1.82, 2.24) is 10.2 Å². The molecule has 0 amide bonds. The van der Waals surface area contributed by atoms with Crippen LogP contribution >= 0.6 is 0 Å². The molecule has 0 aliphatic carbocycles. The summed E-state index contributed by atoms with van der Waals surface area (Å²) in [5, 5.41) is 3.84. The molecule has 0 bridgehead atoms. The Hall–Kier alpha value is -0.0800. The molecule has 0 aromatic rings. The van der Waals surface area contributed by atoms with E-state index in [9.17, 15) is 0 Å². The van der Waals surface area contributed by atoms with E-state index in [1.165, 1.54) is 70.9 Å². The van der Waals surface area contributed by atoms with Crippen LogP contribution in [0.15, 0.2) is 0 Å². The molecule has 1 atom stereocenters. The molecule has 1 unspecified atom stereocenters. The molecule has 2 heteroatoms. The Morgan fingerprint density at radius 3 is 2.15 bits per heavy atom. The van der Waals surface area contributed by atoms with E-state index in [1.54, 1.807) is 0 Å². The topological polar surface area (TPSA) is 15.3 Å². The predicted octanol–water partition coefficient (Wildman–Crippen LogP) is 4.59. The normalized spacial score (nSPS) is 19.8. The van der Waals surface area contributed by atoms with Gasteiger partial charge in [0.1, 0.15) is 0 Å². The number of nitrogens with one attached hydrogen (secondary N) is 1. The molecule has 20 heavy (non-hydrogen) atoms. The van der Waals surface area contributed by atoms with Crippen molar-refractivity contribution in [2.45, 2.75) is 97.1 Å². The minimum absolute atomic E-state index is 0.299. The van der Waals surface area contributed by atoms with Crippen molar-refractivity contribution in [3.63, 3.8) is 0 Å². The summed E-state index contributed by atoms with van der Waals surface area (Å²) < 4.78 is 0. The Bertz CT molecular complexity index is 230. The van der Waals surface area contributed by atoms with Crippen molar-refractivity contribution in [2.75, 3.05) is 19.6 Å². The molecule has 2 nitrogen and oxygen atoms in total. The van der Waals surface area contributed by atoms with E-state index in [0.717, 1.165) is 6.54 Å². The van der Waals surface area contributed by atoms with Gasteiger partial charge in [0.25, 0.3) is 0 Å². The van der Waals surface area contributed by atoms with Crippen LogP contribution in [0.3, 0.4) is 0 Å². The molecule has 0 aromatic carbocycles. The number of nitrogens with zero attached hydrogens (tertiary/aromatic N) is 1. The van der Waals surface area contributed by atoms with Gasteiger partial charge in [0, 0.05) is 11.6 Å². The van der Waals surface area contributed by atoms with Gasteiger partial charge in [0.05, 0.1) is 0 Å². The number of unbranched alkanes of at least 4 members (excludes halogenated alkanes) is 2. The molecule has 1 saturated heterocycles. The summed E-state index contributed by atoms with van der Waals surface area (Å²) in [5.41, 5.74) is 0.299. The molecule has 0 aromatic heterocycles. The Kier molecular flexibility index (Phi) is 8.79. The third-order valence-corrected chi connectivity index (χ3v) is 5.01. The van der Waals surface area contributed by atoms with Gasteiger partial charge in [0.15, 0.2) is 0 Å². The third-order valence-electron chi connectivity index (χ3n) is 5.01. The number of hydrogen-bond acceptors (Lipinski definition) is 2. The first-order chi connectivity index (χ1) is 9.62. The maximum Gasteiger partial charge on any atom is 0.0306 e. The predicted molar refractivity (Wildman–Crippen MR) is 90.3 cm³/mol. The van der Waals surface area contributed by atoms with Crippen molar-refractivity contribution in [3.8, 4) is 0 Å². The van der Waals surface area contributed by atoms with E-state index in [0.29, 0.717) is 11.6 Å². The van der Waals surface area contributed by atoms with Crippen LogP contribution in [-0.4, -0.2) is 36.1 Å². The van der Waals surface area contributed by atoms with Gasteiger partial charge in [-0.1, -0.05) is 46.0 Å². The first kappa shape index (κ1) is 18.0. The number of hydrogen-bond donors (Lipinski definition) is 1. The van der Waals surface area contributed by atoms with Gasteiger partial charge in [0.2, 0.25) is 0 Å². The van der Waals surface area contributed by atoms with Crippen molar-refractivity contribution in [2.24, 2.45) is 0 Å². The SMILES string of the molecule is CCCCCC(NCCC)C(C)(C)N1CCCCCC1. The standard InChI is InChI=1S/C18H38N2/c1-5-7-10-13-17(19-14-6-2)18(3,4)20-15-11-8-9-12-16-20/h17,19H,5-16H2,1-4H3. The van der Waals surface area contributed by atoms with Crippen LogP contribution in [0.2, 0.25) is 0 Å². The quantitative estimate of drug-likeness (QED) is 0.622. The summed E-state index contributed by atoms with van der Waals surface area (Å²) in [6.07, 6.45) is 12.3. The van der Waals surface area contributed by atoms with Gasteiger partial charge >= 0.3 is 0 Å². The summed E-state index contributed by atoms with van der Waals surface area (Å²) in [6, 6.07) is 0.645. The molecule has 0 spiro atoms. The highest BCUT2D eigenvalue weighted by Gasteiger charge is 2.34. The zero-order valence-electron chi connectivity index (χ0n) is 14.5. The lowest BCUT2D eigenvalue weighted by Gasteiger charge is -2.44. The zero-order chi connectivity index (χ0) is 14.8. The largest absolute Gasteiger partial charge is 0.312 e. The van der Waals surface area contributed by atoms with E-state index < -0.39 is 0 Å². The van der Waals surface area contributed by atoms with Crippen LogP contribution in [0.4, 0.5) is 0 Å². The van der Waals surface area contributed by atoms with Crippen molar-refractivity contribution in [1.29, 1.82) is 0 Å². The maximum absolute atomic E-state index is 3.84. The van der Waals surface area contributed by atoms with Gasteiger partial charge in [-0.2, -0.15) is 0 Å². The zero-order valence-corrected chi connectivity index (χ0v) is 14.5. The highest BCUT2D eigenvalue weighted by molar-refractivity contribution is 4.94. The van der Waals surface area contributed by atoms with E-state index in [2.05, 4.69) is 37.9 Å². The average molecular weight is 283 g/mol. The summed E-state index contributed by atoms with van der Waals surface area (Å²) in [6.45, 7) is 13.3. The third kappa shape index (κ3) is 5.73. The van der Waals surface area contributed by atoms with Crippen molar-refractivity contribution < 1.29 is 0 Å². The second kappa shape index (κ2) is 9.78. The Balaban J connectivity index is 2.62.